The second-order valence-corrected chi connectivity index (χ2v) is 5.31. The first-order valence-corrected chi connectivity index (χ1v) is 6.97. The molecule has 3 nitrogen and oxygen atoms in total. The molecule has 0 heterocycles. The highest BCUT2D eigenvalue weighted by Crippen LogP contribution is 2.26. The van der Waals surface area contributed by atoms with E-state index in [1.807, 2.05) is 25.1 Å². The number of halogens is 2. The van der Waals surface area contributed by atoms with E-state index >= 15 is 0 Å². The SMILES string of the molecule is COc1cc(C(Cc2ccc(F)c(Cl)c2)NN)ccc1C. The summed E-state index contributed by atoms with van der Waals surface area (Å²) in [6.07, 6.45) is 0.600. The van der Waals surface area contributed by atoms with Crippen LogP contribution in [-0.4, -0.2) is 7.11 Å². The van der Waals surface area contributed by atoms with Crippen molar-refractivity contribution < 1.29 is 9.13 Å². The Morgan fingerprint density at radius 3 is 2.67 bits per heavy atom. The maximum absolute atomic E-state index is 13.2. The molecule has 0 aliphatic carbocycles. The number of hydrazine groups is 1. The van der Waals surface area contributed by atoms with E-state index in [0.717, 1.165) is 22.4 Å². The van der Waals surface area contributed by atoms with Crippen molar-refractivity contribution in [1.82, 2.24) is 5.43 Å². The first-order valence-electron chi connectivity index (χ1n) is 6.59. The van der Waals surface area contributed by atoms with Gasteiger partial charge in [0.15, 0.2) is 0 Å². The summed E-state index contributed by atoms with van der Waals surface area (Å²) in [5.41, 5.74) is 5.74. The van der Waals surface area contributed by atoms with Gasteiger partial charge in [-0.15, -0.1) is 0 Å². The summed E-state index contributed by atoms with van der Waals surface area (Å²) in [5, 5.41) is 0.116. The number of nitrogens with two attached hydrogens (primary N) is 1. The zero-order valence-electron chi connectivity index (χ0n) is 12.0. The normalized spacial score (nSPS) is 12.2. The van der Waals surface area contributed by atoms with Gasteiger partial charge in [-0.25, -0.2) is 4.39 Å². The minimum Gasteiger partial charge on any atom is -0.496 e. The molecule has 0 fully saturated rings. The van der Waals surface area contributed by atoms with Crippen molar-refractivity contribution in [2.24, 2.45) is 5.84 Å². The van der Waals surface area contributed by atoms with Crippen molar-refractivity contribution in [3.05, 3.63) is 63.9 Å². The molecule has 0 aliphatic heterocycles. The van der Waals surface area contributed by atoms with Crippen molar-refractivity contribution in [3.8, 4) is 5.75 Å². The van der Waals surface area contributed by atoms with Crippen LogP contribution in [0.15, 0.2) is 36.4 Å². The molecule has 0 amide bonds. The molecule has 1 atom stereocenters. The molecule has 0 saturated heterocycles. The lowest BCUT2D eigenvalue weighted by molar-refractivity contribution is 0.410. The number of hydrogen-bond donors (Lipinski definition) is 2. The number of nitrogens with one attached hydrogen (secondary N) is 1. The van der Waals surface area contributed by atoms with Gasteiger partial charge in [0.1, 0.15) is 11.6 Å². The summed E-state index contributed by atoms with van der Waals surface area (Å²) in [6.45, 7) is 1.98. The van der Waals surface area contributed by atoms with Gasteiger partial charge >= 0.3 is 0 Å². The largest absolute Gasteiger partial charge is 0.496 e. The van der Waals surface area contributed by atoms with Gasteiger partial charge in [0.05, 0.1) is 18.2 Å². The molecule has 2 aromatic carbocycles. The van der Waals surface area contributed by atoms with Gasteiger partial charge in [-0.3, -0.25) is 11.3 Å². The Bertz CT molecular complexity index is 634. The molecular formula is C16H18ClFN2O. The molecule has 5 heteroatoms. The van der Waals surface area contributed by atoms with Crippen LogP contribution >= 0.6 is 11.6 Å². The van der Waals surface area contributed by atoms with Gasteiger partial charge < -0.3 is 4.74 Å². The van der Waals surface area contributed by atoms with Crippen molar-refractivity contribution in [3.63, 3.8) is 0 Å². The molecule has 2 aromatic rings. The molecule has 0 saturated carbocycles. The summed E-state index contributed by atoms with van der Waals surface area (Å²) >= 11 is 5.81. The van der Waals surface area contributed by atoms with Gasteiger partial charge in [-0.1, -0.05) is 29.8 Å². The van der Waals surface area contributed by atoms with Gasteiger partial charge in [0.25, 0.3) is 0 Å². The monoisotopic (exact) mass is 308 g/mol. The molecule has 0 bridgehead atoms. The average molecular weight is 309 g/mol. The minimum absolute atomic E-state index is 0.110. The maximum atomic E-state index is 13.2. The van der Waals surface area contributed by atoms with E-state index in [0.29, 0.717) is 6.42 Å². The third-order valence-corrected chi connectivity index (χ3v) is 3.75. The van der Waals surface area contributed by atoms with Gasteiger partial charge in [-0.2, -0.15) is 0 Å². The summed E-state index contributed by atoms with van der Waals surface area (Å²) in [5.74, 6) is 6.04. The lowest BCUT2D eigenvalue weighted by atomic mass is 9.98. The Morgan fingerprint density at radius 1 is 1.29 bits per heavy atom. The third kappa shape index (κ3) is 3.73. The highest BCUT2D eigenvalue weighted by atomic mass is 35.5. The first-order chi connectivity index (χ1) is 10.0. The molecule has 0 spiro atoms. The zero-order chi connectivity index (χ0) is 15.4. The molecule has 112 valence electrons. The van der Waals surface area contributed by atoms with Crippen LogP contribution in [0, 0.1) is 12.7 Å². The topological polar surface area (TPSA) is 47.3 Å². The number of rotatable bonds is 5. The number of aryl methyl sites for hydroxylation is 1. The van der Waals surface area contributed by atoms with E-state index in [1.165, 1.54) is 6.07 Å². The number of benzene rings is 2. The summed E-state index contributed by atoms with van der Waals surface area (Å²) in [4.78, 5) is 0. The summed E-state index contributed by atoms with van der Waals surface area (Å²) in [6, 6.07) is 10.5. The van der Waals surface area contributed by atoms with E-state index in [2.05, 4.69) is 5.43 Å². The highest BCUT2D eigenvalue weighted by Gasteiger charge is 2.13. The fraction of sp³-hybridized carbons (Fsp3) is 0.250. The number of hydrogen-bond acceptors (Lipinski definition) is 3. The molecule has 1 unspecified atom stereocenters. The van der Waals surface area contributed by atoms with Crippen LogP contribution in [0.4, 0.5) is 4.39 Å². The van der Waals surface area contributed by atoms with Crippen LogP contribution in [0.1, 0.15) is 22.7 Å². The number of methoxy groups -OCH3 is 1. The van der Waals surface area contributed by atoms with E-state index in [1.54, 1.807) is 19.2 Å². The van der Waals surface area contributed by atoms with Crippen LogP contribution in [-0.2, 0) is 6.42 Å². The van der Waals surface area contributed by atoms with Gasteiger partial charge in [0.2, 0.25) is 0 Å². The number of ether oxygens (including phenoxy) is 1. The molecule has 3 N–H and O–H groups in total. The van der Waals surface area contributed by atoms with Crippen LogP contribution in [0.3, 0.4) is 0 Å². The lowest BCUT2D eigenvalue weighted by Crippen LogP contribution is -2.29. The summed E-state index contributed by atoms with van der Waals surface area (Å²) < 4.78 is 18.5. The first kappa shape index (κ1) is 15.8. The van der Waals surface area contributed by atoms with Crippen molar-refractivity contribution in [2.45, 2.75) is 19.4 Å². The van der Waals surface area contributed by atoms with E-state index in [-0.39, 0.29) is 11.1 Å². The Morgan fingerprint density at radius 2 is 2.05 bits per heavy atom. The van der Waals surface area contributed by atoms with Crippen molar-refractivity contribution in [1.29, 1.82) is 0 Å². The van der Waals surface area contributed by atoms with Crippen molar-refractivity contribution in [2.75, 3.05) is 7.11 Å². The zero-order valence-corrected chi connectivity index (χ0v) is 12.7. The smallest absolute Gasteiger partial charge is 0.141 e. The molecular weight excluding hydrogens is 291 g/mol. The van der Waals surface area contributed by atoms with Gasteiger partial charge in [-0.05, 0) is 48.2 Å². The fourth-order valence-electron chi connectivity index (χ4n) is 2.23. The lowest BCUT2D eigenvalue weighted by Gasteiger charge is -2.18. The van der Waals surface area contributed by atoms with E-state index in [4.69, 9.17) is 22.2 Å². The standard InChI is InChI=1S/C16H18ClFN2O/c1-10-3-5-12(9-16(10)21-2)15(20-19)8-11-4-6-14(18)13(17)7-11/h3-7,9,15,20H,8,19H2,1-2H3. The Kier molecular flexibility index (Phi) is 5.17. The molecule has 0 aliphatic rings. The predicted octanol–water partition coefficient (Wildman–Crippen LogP) is 3.54. The highest BCUT2D eigenvalue weighted by molar-refractivity contribution is 6.30. The van der Waals surface area contributed by atoms with Gasteiger partial charge in [0, 0.05) is 0 Å². The molecule has 0 radical (unpaired) electrons. The van der Waals surface area contributed by atoms with E-state index in [9.17, 15) is 4.39 Å². The van der Waals surface area contributed by atoms with E-state index < -0.39 is 5.82 Å². The molecule has 0 aromatic heterocycles. The Hall–Kier alpha value is -1.62. The second kappa shape index (κ2) is 6.89. The maximum Gasteiger partial charge on any atom is 0.141 e. The van der Waals surface area contributed by atoms with Crippen LogP contribution < -0.4 is 16.0 Å². The predicted molar refractivity (Wildman–Crippen MR) is 82.9 cm³/mol. The van der Waals surface area contributed by atoms with Crippen LogP contribution in [0.5, 0.6) is 5.75 Å². The fourth-order valence-corrected chi connectivity index (χ4v) is 2.43. The quantitative estimate of drug-likeness (QED) is 0.656. The Balaban J connectivity index is 2.25. The summed E-state index contributed by atoms with van der Waals surface area (Å²) in [7, 11) is 1.64. The Labute approximate surface area is 128 Å². The molecule has 21 heavy (non-hydrogen) atoms. The van der Waals surface area contributed by atoms with Crippen LogP contribution in [0.2, 0.25) is 5.02 Å². The second-order valence-electron chi connectivity index (χ2n) is 4.90. The van der Waals surface area contributed by atoms with Crippen molar-refractivity contribution >= 4 is 11.6 Å². The minimum atomic E-state index is -0.422. The molecule has 2 rings (SSSR count). The third-order valence-electron chi connectivity index (χ3n) is 3.46. The average Bonchev–Trinajstić information content (AvgIpc) is 2.49. The van der Waals surface area contributed by atoms with Crippen LogP contribution in [0.25, 0.3) is 0 Å².